The molecule has 1 aliphatic rings. The first kappa shape index (κ1) is 13.8. The van der Waals surface area contributed by atoms with Crippen LogP contribution in [0.1, 0.15) is 36.0 Å². The maximum Gasteiger partial charge on any atom is 0.253 e. The van der Waals surface area contributed by atoms with Crippen molar-refractivity contribution in [3.63, 3.8) is 0 Å². The Balaban J connectivity index is 2.10. The molecule has 18 heavy (non-hydrogen) atoms. The van der Waals surface area contributed by atoms with Crippen molar-refractivity contribution in [3.8, 4) is 0 Å². The number of aliphatic hydroxyl groups is 1. The first-order valence-corrected chi connectivity index (χ1v) is 7.38. The lowest BCUT2D eigenvalue weighted by Crippen LogP contribution is -2.46. The Bertz CT molecular complexity index is 418. The van der Waals surface area contributed by atoms with Crippen LogP contribution in [0.5, 0.6) is 0 Å². The molecule has 1 aromatic carbocycles. The third kappa shape index (κ3) is 3.03. The minimum atomic E-state index is -0.378. The molecule has 1 fully saturated rings. The molecule has 0 saturated heterocycles. The zero-order valence-electron chi connectivity index (χ0n) is 10.5. The predicted molar refractivity (Wildman–Crippen MR) is 79.5 cm³/mol. The molecule has 1 amide bonds. The van der Waals surface area contributed by atoms with Crippen LogP contribution in [0.2, 0.25) is 0 Å². The first-order valence-electron chi connectivity index (χ1n) is 6.30. The van der Waals surface area contributed by atoms with Crippen molar-refractivity contribution in [1.29, 1.82) is 0 Å². The van der Waals surface area contributed by atoms with E-state index in [0.717, 1.165) is 29.3 Å². The summed E-state index contributed by atoms with van der Waals surface area (Å²) in [5, 5.41) is 9.98. The van der Waals surface area contributed by atoms with Crippen LogP contribution in [0, 0.1) is 3.57 Å². The van der Waals surface area contributed by atoms with E-state index in [0.29, 0.717) is 5.56 Å². The van der Waals surface area contributed by atoms with Gasteiger partial charge in [0.15, 0.2) is 0 Å². The summed E-state index contributed by atoms with van der Waals surface area (Å²) in [6, 6.07) is 7.51. The van der Waals surface area contributed by atoms with E-state index < -0.39 is 0 Å². The summed E-state index contributed by atoms with van der Waals surface area (Å²) in [5.41, 5.74) is 0.690. The average molecular weight is 359 g/mol. The molecule has 2 rings (SSSR count). The van der Waals surface area contributed by atoms with Crippen LogP contribution in [0.25, 0.3) is 0 Å². The van der Waals surface area contributed by atoms with Crippen molar-refractivity contribution in [2.75, 3.05) is 7.05 Å². The molecule has 1 saturated carbocycles. The van der Waals surface area contributed by atoms with Crippen molar-refractivity contribution in [2.24, 2.45) is 0 Å². The van der Waals surface area contributed by atoms with Gasteiger partial charge in [-0.15, -0.1) is 0 Å². The minimum Gasteiger partial charge on any atom is -0.391 e. The number of benzene rings is 1. The molecule has 0 aromatic heterocycles. The quantitative estimate of drug-likeness (QED) is 0.825. The van der Waals surface area contributed by atoms with E-state index in [2.05, 4.69) is 22.6 Å². The lowest BCUT2D eigenvalue weighted by Gasteiger charge is -2.35. The number of nitrogens with zero attached hydrogens (tertiary/aromatic N) is 1. The molecule has 2 atom stereocenters. The maximum atomic E-state index is 12.3. The molecule has 98 valence electrons. The van der Waals surface area contributed by atoms with Crippen LogP contribution in [0.15, 0.2) is 24.3 Å². The Morgan fingerprint density at radius 3 is 2.50 bits per heavy atom. The number of halogens is 1. The molecular weight excluding hydrogens is 341 g/mol. The van der Waals surface area contributed by atoms with Crippen LogP contribution in [-0.4, -0.2) is 35.1 Å². The smallest absolute Gasteiger partial charge is 0.253 e. The standard InChI is InChI=1S/C14H18INO2/c1-16(12-4-2-3-5-13(12)17)14(18)10-6-8-11(15)9-7-10/h6-9,12-13,17H,2-5H2,1H3/t12-,13-/m0/s1. The lowest BCUT2D eigenvalue weighted by atomic mass is 9.91. The van der Waals surface area contributed by atoms with Gasteiger partial charge in [-0.05, 0) is 59.7 Å². The van der Waals surface area contributed by atoms with E-state index in [4.69, 9.17) is 0 Å². The molecule has 0 heterocycles. The van der Waals surface area contributed by atoms with Gasteiger partial charge in [0.1, 0.15) is 0 Å². The molecule has 0 unspecified atom stereocenters. The van der Waals surface area contributed by atoms with Gasteiger partial charge in [-0.3, -0.25) is 4.79 Å². The molecular formula is C14H18INO2. The number of likely N-dealkylation sites (N-methyl/N-ethyl adjacent to an activating group) is 1. The highest BCUT2D eigenvalue weighted by atomic mass is 127. The Morgan fingerprint density at radius 1 is 1.28 bits per heavy atom. The van der Waals surface area contributed by atoms with Gasteiger partial charge < -0.3 is 10.0 Å². The van der Waals surface area contributed by atoms with Crippen LogP contribution >= 0.6 is 22.6 Å². The second-order valence-corrected chi connectivity index (χ2v) is 6.09. The highest BCUT2D eigenvalue weighted by Gasteiger charge is 2.29. The van der Waals surface area contributed by atoms with Crippen LogP contribution in [0.3, 0.4) is 0 Å². The second kappa shape index (κ2) is 6.02. The third-order valence-electron chi connectivity index (χ3n) is 3.60. The number of hydrogen-bond donors (Lipinski definition) is 1. The monoisotopic (exact) mass is 359 g/mol. The predicted octanol–water partition coefficient (Wildman–Crippen LogP) is 2.67. The lowest BCUT2D eigenvalue weighted by molar-refractivity contribution is 0.0268. The SMILES string of the molecule is CN(C(=O)c1ccc(I)cc1)[C@H]1CCCC[C@@H]1O. The first-order chi connectivity index (χ1) is 8.59. The topological polar surface area (TPSA) is 40.5 Å². The molecule has 1 N–H and O–H groups in total. The van der Waals surface area contributed by atoms with Crippen LogP contribution in [0.4, 0.5) is 0 Å². The fraction of sp³-hybridized carbons (Fsp3) is 0.500. The molecule has 1 aromatic rings. The summed E-state index contributed by atoms with van der Waals surface area (Å²) in [4.78, 5) is 14.0. The fourth-order valence-corrected chi connectivity index (χ4v) is 2.85. The van der Waals surface area contributed by atoms with Crippen molar-refractivity contribution in [3.05, 3.63) is 33.4 Å². The maximum absolute atomic E-state index is 12.3. The zero-order valence-corrected chi connectivity index (χ0v) is 12.6. The fourth-order valence-electron chi connectivity index (χ4n) is 2.49. The number of aliphatic hydroxyl groups excluding tert-OH is 1. The normalized spacial score (nSPS) is 23.7. The number of rotatable bonds is 2. The molecule has 0 bridgehead atoms. The summed E-state index contributed by atoms with van der Waals surface area (Å²) in [6.07, 6.45) is 3.47. The third-order valence-corrected chi connectivity index (χ3v) is 4.32. The van der Waals surface area contributed by atoms with E-state index in [1.165, 1.54) is 0 Å². The van der Waals surface area contributed by atoms with E-state index in [1.54, 1.807) is 11.9 Å². The molecule has 0 radical (unpaired) electrons. The van der Waals surface area contributed by atoms with Gasteiger partial charge in [-0.25, -0.2) is 0 Å². The van der Waals surface area contributed by atoms with Gasteiger partial charge in [0.05, 0.1) is 12.1 Å². The number of hydrogen-bond acceptors (Lipinski definition) is 2. The second-order valence-electron chi connectivity index (χ2n) is 4.84. The van der Waals surface area contributed by atoms with Crippen molar-refractivity contribution < 1.29 is 9.90 Å². The van der Waals surface area contributed by atoms with Crippen molar-refractivity contribution >= 4 is 28.5 Å². The van der Waals surface area contributed by atoms with Crippen molar-refractivity contribution in [1.82, 2.24) is 4.90 Å². The molecule has 1 aliphatic carbocycles. The van der Waals surface area contributed by atoms with Gasteiger partial charge in [-0.1, -0.05) is 12.8 Å². The summed E-state index contributed by atoms with van der Waals surface area (Å²) in [6.45, 7) is 0. The van der Waals surface area contributed by atoms with Crippen molar-refractivity contribution in [2.45, 2.75) is 37.8 Å². The number of amides is 1. The van der Waals surface area contributed by atoms with Crippen LogP contribution in [-0.2, 0) is 0 Å². The highest BCUT2D eigenvalue weighted by molar-refractivity contribution is 14.1. The summed E-state index contributed by atoms with van der Waals surface area (Å²) < 4.78 is 1.12. The van der Waals surface area contributed by atoms with Gasteiger partial charge in [0.2, 0.25) is 0 Å². The Kier molecular flexibility index (Phi) is 4.61. The number of carbonyl (C=O) groups is 1. The van der Waals surface area contributed by atoms with E-state index in [1.807, 2.05) is 24.3 Å². The van der Waals surface area contributed by atoms with Crippen LogP contribution < -0.4 is 0 Å². The Labute approximate surface area is 121 Å². The van der Waals surface area contributed by atoms with E-state index in [-0.39, 0.29) is 18.1 Å². The van der Waals surface area contributed by atoms with Gasteiger partial charge >= 0.3 is 0 Å². The average Bonchev–Trinajstić information content (AvgIpc) is 2.38. The van der Waals surface area contributed by atoms with Gasteiger partial charge in [0, 0.05) is 16.2 Å². The highest BCUT2D eigenvalue weighted by Crippen LogP contribution is 2.23. The summed E-state index contributed by atoms with van der Waals surface area (Å²) >= 11 is 2.22. The molecule has 0 aliphatic heterocycles. The Hall–Kier alpha value is -0.620. The zero-order chi connectivity index (χ0) is 13.1. The summed E-state index contributed by atoms with van der Waals surface area (Å²) in [5.74, 6) is -0.00245. The largest absolute Gasteiger partial charge is 0.391 e. The molecule has 3 nitrogen and oxygen atoms in total. The molecule has 0 spiro atoms. The summed E-state index contributed by atoms with van der Waals surface area (Å²) in [7, 11) is 1.79. The Morgan fingerprint density at radius 2 is 1.89 bits per heavy atom. The molecule has 4 heteroatoms. The minimum absolute atomic E-state index is 0.00245. The van der Waals surface area contributed by atoms with E-state index in [9.17, 15) is 9.90 Å². The number of carbonyl (C=O) groups excluding carboxylic acids is 1. The van der Waals surface area contributed by atoms with E-state index >= 15 is 0 Å². The van der Waals surface area contributed by atoms with Gasteiger partial charge in [0.25, 0.3) is 5.91 Å². The van der Waals surface area contributed by atoms with Gasteiger partial charge in [-0.2, -0.15) is 0 Å².